The first-order chi connectivity index (χ1) is 13.1. The van der Waals surface area contributed by atoms with Gasteiger partial charge in [0.25, 0.3) is 15.9 Å². The van der Waals surface area contributed by atoms with Crippen molar-refractivity contribution < 1.29 is 21.6 Å². The molecule has 0 unspecified atom stereocenters. The van der Waals surface area contributed by atoms with Crippen LogP contribution in [-0.2, 0) is 20.0 Å². The quantitative estimate of drug-likeness (QED) is 0.690. The molecule has 0 aliphatic carbocycles. The summed E-state index contributed by atoms with van der Waals surface area (Å²) in [5, 5.41) is 0. The highest BCUT2D eigenvalue weighted by molar-refractivity contribution is 7.92. The standard InChI is InChI=1S/C18H23N3O5S2/c1-4-21(5-2)28(25,26)15-12-10-14(11-13-15)27(23,24)20(3)17-9-7-6-8-16(17)18(19)22/h6-13H,4-5H2,1-3H3,(H2,19,22). The van der Waals surface area contributed by atoms with Gasteiger partial charge in [-0.15, -0.1) is 0 Å². The smallest absolute Gasteiger partial charge is 0.264 e. The van der Waals surface area contributed by atoms with Crippen LogP contribution in [0, 0.1) is 0 Å². The van der Waals surface area contributed by atoms with E-state index in [4.69, 9.17) is 5.73 Å². The minimum absolute atomic E-state index is 0.00957. The largest absolute Gasteiger partial charge is 0.366 e. The Morgan fingerprint density at radius 1 is 0.857 bits per heavy atom. The van der Waals surface area contributed by atoms with Gasteiger partial charge >= 0.3 is 0 Å². The van der Waals surface area contributed by atoms with Crippen LogP contribution in [0.5, 0.6) is 0 Å². The average Bonchev–Trinajstić information content (AvgIpc) is 2.68. The van der Waals surface area contributed by atoms with Crippen LogP contribution in [-0.4, -0.2) is 47.2 Å². The summed E-state index contributed by atoms with van der Waals surface area (Å²) in [5.74, 6) is -0.752. The maximum atomic E-state index is 12.9. The molecular formula is C18H23N3O5S2. The fourth-order valence-electron chi connectivity index (χ4n) is 2.74. The maximum absolute atomic E-state index is 12.9. The Morgan fingerprint density at radius 2 is 1.32 bits per heavy atom. The van der Waals surface area contributed by atoms with Gasteiger partial charge in [0.2, 0.25) is 10.0 Å². The molecule has 0 saturated heterocycles. The summed E-state index contributed by atoms with van der Waals surface area (Å²) in [6, 6.07) is 11.1. The number of hydrogen-bond donors (Lipinski definition) is 1. The van der Waals surface area contributed by atoms with Gasteiger partial charge in [0, 0.05) is 20.1 Å². The van der Waals surface area contributed by atoms with Gasteiger partial charge in [0.15, 0.2) is 0 Å². The summed E-state index contributed by atoms with van der Waals surface area (Å²) < 4.78 is 53.2. The number of rotatable bonds is 8. The van der Waals surface area contributed by atoms with E-state index in [1.807, 2.05) is 0 Å². The summed E-state index contributed by atoms with van der Waals surface area (Å²) in [7, 11) is -6.41. The van der Waals surface area contributed by atoms with Crippen LogP contribution in [0.4, 0.5) is 5.69 Å². The molecule has 2 rings (SSSR count). The Hall–Kier alpha value is -2.43. The van der Waals surface area contributed by atoms with E-state index in [-0.39, 0.29) is 21.0 Å². The van der Waals surface area contributed by atoms with Crippen molar-refractivity contribution in [3.63, 3.8) is 0 Å². The zero-order chi connectivity index (χ0) is 21.1. The Balaban J connectivity index is 2.44. The zero-order valence-electron chi connectivity index (χ0n) is 15.9. The van der Waals surface area contributed by atoms with E-state index in [9.17, 15) is 21.6 Å². The number of primary amides is 1. The van der Waals surface area contributed by atoms with Gasteiger partial charge in [-0.1, -0.05) is 26.0 Å². The molecule has 2 N–H and O–H groups in total. The highest BCUT2D eigenvalue weighted by Crippen LogP contribution is 2.26. The molecule has 1 amide bonds. The number of nitrogens with two attached hydrogens (primary N) is 1. The normalized spacial score (nSPS) is 12.1. The van der Waals surface area contributed by atoms with Crippen molar-refractivity contribution in [2.75, 3.05) is 24.4 Å². The number of amides is 1. The van der Waals surface area contributed by atoms with Gasteiger partial charge < -0.3 is 5.73 Å². The Labute approximate surface area is 165 Å². The molecule has 28 heavy (non-hydrogen) atoms. The second kappa shape index (κ2) is 8.29. The number of anilines is 1. The molecule has 2 aromatic rings. The lowest BCUT2D eigenvalue weighted by molar-refractivity contribution is 0.100. The van der Waals surface area contributed by atoms with Gasteiger partial charge in [-0.25, -0.2) is 16.8 Å². The zero-order valence-corrected chi connectivity index (χ0v) is 17.5. The molecule has 0 aliphatic heterocycles. The molecule has 0 heterocycles. The van der Waals surface area contributed by atoms with E-state index in [1.165, 1.54) is 47.8 Å². The molecule has 0 aliphatic rings. The van der Waals surface area contributed by atoms with Crippen LogP contribution in [0.2, 0.25) is 0 Å². The van der Waals surface area contributed by atoms with E-state index in [0.29, 0.717) is 13.1 Å². The number of para-hydroxylation sites is 1. The lowest BCUT2D eigenvalue weighted by atomic mass is 10.2. The van der Waals surface area contributed by atoms with Gasteiger partial charge in [-0.05, 0) is 36.4 Å². The number of benzene rings is 2. The Bertz CT molecular complexity index is 1060. The van der Waals surface area contributed by atoms with E-state index in [1.54, 1.807) is 26.0 Å². The lowest BCUT2D eigenvalue weighted by Gasteiger charge is -2.22. The van der Waals surface area contributed by atoms with Crippen molar-refractivity contribution in [3.05, 3.63) is 54.1 Å². The second-order valence-electron chi connectivity index (χ2n) is 5.91. The van der Waals surface area contributed by atoms with Crippen molar-refractivity contribution in [2.24, 2.45) is 5.73 Å². The first kappa shape index (κ1) is 21.9. The van der Waals surface area contributed by atoms with Gasteiger partial charge in [-0.2, -0.15) is 4.31 Å². The second-order valence-corrected chi connectivity index (χ2v) is 9.82. The fourth-order valence-corrected chi connectivity index (χ4v) is 5.41. The molecule has 10 heteroatoms. The van der Waals surface area contributed by atoms with Gasteiger partial charge in [0.1, 0.15) is 0 Å². The average molecular weight is 426 g/mol. The predicted octanol–water partition coefficient (Wildman–Crippen LogP) is 1.64. The number of carbonyl (C=O) groups is 1. The summed E-state index contributed by atoms with van der Waals surface area (Å²) in [5.41, 5.74) is 5.52. The predicted molar refractivity (Wildman–Crippen MR) is 107 cm³/mol. The summed E-state index contributed by atoms with van der Waals surface area (Å²) in [4.78, 5) is 11.5. The van der Waals surface area contributed by atoms with E-state index < -0.39 is 26.0 Å². The first-order valence-electron chi connectivity index (χ1n) is 8.55. The van der Waals surface area contributed by atoms with Crippen molar-refractivity contribution >= 4 is 31.6 Å². The minimum Gasteiger partial charge on any atom is -0.366 e. The number of nitrogens with zero attached hydrogens (tertiary/aromatic N) is 2. The highest BCUT2D eigenvalue weighted by atomic mass is 32.2. The van der Waals surface area contributed by atoms with Crippen molar-refractivity contribution in [1.82, 2.24) is 4.31 Å². The SMILES string of the molecule is CCN(CC)S(=O)(=O)c1ccc(S(=O)(=O)N(C)c2ccccc2C(N)=O)cc1. The van der Waals surface area contributed by atoms with Crippen molar-refractivity contribution in [1.29, 1.82) is 0 Å². The molecule has 2 aromatic carbocycles. The van der Waals surface area contributed by atoms with Crippen LogP contribution >= 0.6 is 0 Å². The van der Waals surface area contributed by atoms with Crippen molar-refractivity contribution in [2.45, 2.75) is 23.6 Å². The third-order valence-electron chi connectivity index (χ3n) is 4.33. The molecule has 0 fully saturated rings. The van der Waals surface area contributed by atoms with Crippen LogP contribution < -0.4 is 10.0 Å². The molecule has 8 nitrogen and oxygen atoms in total. The lowest BCUT2D eigenvalue weighted by Crippen LogP contribution is -2.31. The van der Waals surface area contributed by atoms with Crippen LogP contribution in [0.3, 0.4) is 0 Å². The molecule has 152 valence electrons. The molecule has 0 atom stereocenters. The Morgan fingerprint density at radius 3 is 1.79 bits per heavy atom. The minimum atomic E-state index is -4.02. The Kier molecular flexibility index (Phi) is 6.48. The molecule has 0 aromatic heterocycles. The maximum Gasteiger partial charge on any atom is 0.264 e. The fraction of sp³-hybridized carbons (Fsp3) is 0.278. The summed E-state index contributed by atoms with van der Waals surface area (Å²) >= 11 is 0. The molecule has 0 spiro atoms. The first-order valence-corrected chi connectivity index (χ1v) is 11.4. The number of hydrogen-bond acceptors (Lipinski definition) is 5. The summed E-state index contributed by atoms with van der Waals surface area (Å²) in [6.45, 7) is 4.08. The van der Waals surface area contributed by atoms with E-state index >= 15 is 0 Å². The molecular weight excluding hydrogens is 402 g/mol. The van der Waals surface area contributed by atoms with Crippen molar-refractivity contribution in [3.8, 4) is 0 Å². The van der Waals surface area contributed by atoms with Crippen LogP contribution in [0.25, 0.3) is 0 Å². The topological polar surface area (TPSA) is 118 Å². The van der Waals surface area contributed by atoms with Crippen LogP contribution in [0.15, 0.2) is 58.3 Å². The molecule has 0 saturated carbocycles. The molecule has 0 bridgehead atoms. The third kappa shape index (κ3) is 4.03. The van der Waals surface area contributed by atoms with E-state index in [2.05, 4.69) is 0 Å². The number of carbonyl (C=O) groups excluding carboxylic acids is 1. The number of sulfonamides is 2. The molecule has 0 radical (unpaired) electrons. The van der Waals surface area contributed by atoms with Gasteiger partial charge in [-0.3, -0.25) is 9.10 Å². The van der Waals surface area contributed by atoms with Gasteiger partial charge in [0.05, 0.1) is 21.0 Å². The highest BCUT2D eigenvalue weighted by Gasteiger charge is 2.26. The monoisotopic (exact) mass is 425 g/mol. The summed E-state index contributed by atoms with van der Waals surface area (Å²) in [6.07, 6.45) is 0. The van der Waals surface area contributed by atoms with Crippen LogP contribution in [0.1, 0.15) is 24.2 Å². The van der Waals surface area contributed by atoms with E-state index in [0.717, 1.165) is 4.31 Å². The third-order valence-corrected chi connectivity index (χ3v) is 8.18.